The second-order valence-electron chi connectivity index (χ2n) is 7.43. The van der Waals surface area contributed by atoms with Gasteiger partial charge in [-0.2, -0.15) is 0 Å². The summed E-state index contributed by atoms with van der Waals surface area (Å²) in [6.07, 6.45) is 3.92. The van der Waals surface area contributed by atoms with Crippen molar-refractivity contribution in [3.8, 4) is 11.1 Å². The molecule has 1 aliphatic heterocycles. The molecule has 0 bridgehead atoms. The Morgan fingerprint density at radius 3 is 2.82 bits per heavy atom. The summed E-state index contributed by atoms with van der Waals surface area (Å²) in [5.74, 6) is 0.997. The fraction of sp³-hybridized carbons (Fsp3) is 0.364. The predicted molar refractivity (Wildman–Crippen MR) is 112 cm³/mol. The molecular formula is C22H24N4OS. The average Bonchev–Trinajstić information content (AvgIpc) is 3.14. The molecule has 5 nitrogen and oxygen atoms in total. The minimum Gasteiger partial charge on any atom is -0.337 e. The lowest BCUT2D eigenvalue weighted by molar-refractivity contribution is 0.0700. The van der Waals surface area contributed by atoms with E-state index in [0.29, 0.717) is 12.2 Å². The van der Waals surface area contributed by atoms with Crippen molar-refractivity contribution in [2.75, 3.05) is 13.1 Å². The molecule has 0 unspecified atom stereocenters. The summed E-state index contributed by atoms with van der Waals surface area (Å²) in [5.41, 5.74) is 5.01. The Hall–Kier alpha value is -2.60. The van der Waals surface area contributed by atoms with Crippen LogP contribution in [0.5, 0.6) is 0 Å². The molecule has 1 saturated heterocycles. The number of rotatable bonds is 3. The molecule has 28 heavy (non-hydrogen) atoms. The highest BCUT2D eigenvalue weighted by molar-refractivity contribution is 7.09. The molecule has 3 heterocycles. The highest BCUT2D eigenvalue weighted by atomic mass is 32.1. The molecule has 3 aromatic rings. The average molecular weight is 393 g/mol. The standard InChI is InChI=1S/C22H24N4OS/c1-14-6-4-7-17(10-14)19-11-23-15(2)24-21(19)18-8-5-9-26(12-18)22(27)20-13-28-16(3)25-20/h4,6-7,10-11,13,18H,5,8-9,12H2,1-3H3/t18-/m1/s1. The Balaban J connectivity index is 1.65. The topological polar surface area (TPSA) is 59.0 Å². The van der Waals surface area contributed by atoms with E-state index in [2.05, 4.69) is 41.2 Å². The first-order chi connectivity index (χ1) is 13.5. The van der Waals surface area contributed by atoms with E-state index in [1.807, 2.05) is 30.3 Å². The lowest BCUT2D eigenvalue weighted by Gasteiger charge is -2.33. The zero-order chi connectivity index (χ0) is 19.7. The second kappa shape index (κ2) is 7.80. The third-order valence-corrected chi connectivity index (χ3v) is 5.97. The van der Waals surface area contributed by atoms with Crippen LogP contribution in [0.3, 0.4) is 0 Å². The van der Waals surface area contributed by atoms with Gasteiger partial charge in [-0.1, -0.05) is 29.8 Å². The number of likely N-dealkylation sites (tertiary alicyclic amines) is 1. The van der Waals surface area contributed by atoms with E-state index in [9.17, 15) is 4.79 Å². The van der Waals surface area contributed by atoms with Gasteiger partial charge in [0.25, 0.3) is 5.91 Å². The molecule has 144 valence electrons. The number of amides is 1. The molecule has 2 aromatic heterocycles. The van der Waals surface area contributed by atoms with Crippen LogP contribution in [0.2, 0.25) is 0 Å². The third kappa shape index (κ3) is 3.83. The Morgan fingerprint density at radius 2 is 2.07 bits per heavy atom. The van der Waals surface area contributed by atoms with Gasteiger partial charge in [0.05, 0.1) is 10.7 Å². The fourth-order valence-electron chi connectivity index (χ4n) is 3.84. The fourth-order valence-corrected chi connectivity index (χ4v) is 4.43. The molecule has 0 radical (unpaired) electrons. The van der Waals surface area contributed by atoms with Crippen LogP contribution in [0.4, 0.5) is 0 Å². The van der Waals surface area contributed by atoms with Gasteiger partial charge in [0, 0.05) is 36.1 Å². The van der Waals surface area contributed by atoms with Crippen molar-refractivity contribution in [1.29, 1.82) is 0 Å². The minimum absolute atomic E-state index is 0.0249. The Kier molecular flexibility index (Phi) is 5.22. The van der Waals surface area contributed by atoms with Gasteiger partial charge < -0.3 is 4.90 Å². The monoisotopic (exact) mass is 392 g/mol. The number of benzene rings is 1. The number of aryl methyl sites for hydroxylation is 3. The van der Waals surface area contributed by atoms with Crippen molar-refractivity contribution >= 4 is 17.2 Å². The van der Waals surface area contributed by atoms with Gasteiger partial charge in [-0.25, -0.2) is 15.0 Å². The summed E-state index contributed by atoms with van der Waals surface area (Å²) in [7, 11) is 0. The van der Waals surface area contributed by atoms with Crippen molar-refractivity contribution < 1.29 is 4.79 Å². The highest BCUT2D eigenvalue weighted by Crippen LogP contribution is 2.33. The number of hydrogen-bond donors (Lipinski definition) is 0. The largest absolute Gasteiger partial charge is 0.337 e. The zero-order valence-corrected chi connectivity index (χ0v) is 17.3. The van der Waals surface area contributed by atoms with Crippen molar-refractivity contribution in [3.05, 3.63) is 63.6 Å². The van der Waals surface area contributed by atoms with Crippen LogP contribution < -0.4 is 0 Å². The maximum Gasteiger partial charge on any atom is 0.273 e. The van der Waals surface area contributed by atoms with E-state index in [1.54, 1.807) is 0 Å². The molecule has 0 spiro atoms. The SMILES string of the molecule is Cc1cccc(-c2cnc(C)nc2[C@@H]2CCCN(C(=O)c3csc(C)n3)C2)c1. The number of hydrogen-bond acceptors (Lipinski definition) is 5. The molecular weight excluding hydrogens is 368 g/mol. The van der Waals surface area contributed by atoms with E-state index >= 15 is 0 Å². The van der Waals surface area contributed by atoms with Crippen LogP contribution in [-0.2, 0) is 0 Å². The predicted octanol–water partition coefficient (Wildman–Crippen LogP) is 4.55. The van der Waals surface area contributed by atoms with Crippen molar-refractivity contribution in [3.63, 3.8) is 0 Å². The van der Waals surface area contributed by atoms with Crippen LogP contribution in [0.1, 0.15) is 51.3 Å². The second-order valence-corrected chi connectivity index (χ2v) is 8.49. The lowest BCUT2D eigenvalue weighted by atomic mass is 9.89. The number of aromatic nitrogens is 3. The van der Waals surface area contributed by atoms with Crippen LogP contribution in [0.15, 0.2) is 35.8 Å². The van der Waals surface area contributed by atoms with Crippen LogP contribution >= 0.6 is 11.3 Å². The Labute approximate surface area is 169 Å². The molecule has 0 N–H and O–H groups in total. The zero-order valence-electron chi connectivity index (χ0n) is 16.5. The van der Waals surface area contributed by atoms with Crippen LogP contribution in [0.25, 0.3) is 11.1 Å². The molecule has 1 atom stereocenters. The van der Waals surface area contributed by atoms with E-state index < -0.39 is 0 Å². The molecule has 1 aliphatic rings. The lowest BCUT2D eigenvalue weighted by Crippen LogP contribution is -2.39. The maximum atomic E-state index is 12.9. The summed E-state index contributed by atoms with van der Waals surface area (Å²) in [6.45, 7) is 7.39. The van der Waals surface area contributed by atoms with Crippen LogP contribution in [0, 0.1) is 20.8 Å². The minimum atomic E-state index is 0.0249. The van der Waals surface area contributed by atoms with E-state index in [-0.39, 0.29) is 11.8 Å². The first-order valence-electron chi connectivity index (χ1n) is 9.63. The van der Waals surface area contributed by atoms with E-state index in [4.69, 9.17) is 4.98 Å². The summed E-state index contributed by atoms with van der Waals surface area (Å²) < 4.78 is 0. The first-order valence-corrected chi connectivity index (χ1v) is 10.5. The highest BCUT2D eigenvalue weighted by Gasteiger charge is 2.29. The van der Waals surface area contributed by atoms with Gasteiger partial charge in [-0.15, -0.1) is 11.3 Å². The summed E-state index contributed by atoms with van der Waals surface area (Å²) in [6, 6.07) is 8.43. The van der Waals surface area contributed by atoms with Gasteiger partial charge in [0.1, 0.15) is 11.5 Å². The Bertz CT molecular complexity index is 1010. The van der Waals surface area contributed by atoms with Gasteiger partial charge in [0.2, 0.25) is 0 Å². The normalized spacial score (nSPS) is 17.0. The molecule has 6 heteroatoms. The maximum absolute atomic E-state index is 12.9. The molecule has 0 aliphatic carbocycles. The quantitative estimate of drug-likeness (QED) is 0.656. The number of carbonyl (C=O) groups excluding carboxylic acids is 1. The van der Waals surface area contributed by atoms with Crippen molar-refractivity contribution in [1.82, 2.24) is 19.9 Å². The van der Waals surface area contributed by atoms with Gasteiger partial charge in [0.15, 0.2) is 0 Å². The first kappa shape index (κ1) is 18.7. The van der Waals surface area contributed by atoms with Crippen LogP contribution in [-0.4, -0.2) is 38.8 Å². The number of thiazole rings is 1. The van der Waals surface area contributed by atoms with Gasteiger partial charge >= 0.3 is 0 Å². The van der Waals surface area contributed by atoms with Gasteiger partial charge in [-0.3, -0.25) is 4.79 Å². The summed E-state index contributed by atoms with van der Waals surface area (Å²) in [5, 5.41) is 2.78. The van der Waals surface area contributed by atoms with Crippen molar-refractivity contribution in [2.45, 2.75) is 39.5 Å². The molecule has 0 saturated carbocycles. The van der Waals surface area contributed by atoms with Gasteiger partial charge in [-0.05, 0) is 39.2 Å². The summed E-state index contributed by atoms with van der Waals surface area (Å²) in [4.78, 5) is 28.5. The van der Waals surface area contributed by atoms with E-state index in [0.717, 1.165) is 47.0 Å². The third-order valence-electron chi connectivity index (χ3n) is 5.20. The molecule has 1 amide bonds. The van der Waals surface area contributed by atoms with Crippen molar-refractivity contribution in [2.24, 2.45) is 0 Å². The molecule has 1 aromatic carbocycles. The van der Waals surface area contributed by atoms with E-state index in [1.165, 1.54) is 16.9 Å². The molecule has 4 rings (SSSR count). The number of carbonyl (C=O) groups is 1. The number of nitrogens with zero attached hydrogens (tertiary/aromatic N) is 4. The summed E-state index contributed by atoms with van der Waals surface area (Å²) >= 11 is 1.52. The smallest absolute Gasteiger partial charge is 0.273 e. The molecule has 1 fully saturated rings. The Morgan fingerprint density at radius 1 is 1.21 bits per heavy atom. The number of piperidine rings is 1.